The molecule has 0 heterocycles. The van der Waals surface area contributed by atoms with Crippen LogP contribution in [0.25, 0.3) is 0 Å². The Morgan fingerprint density at radius 3 is 2.44 bits per heavy atom. The van der Waals surface area contributed by atoms with Crippen LogP contribution in [0.3, 0.4) is 0 Å². The maximum atomic E-state index is 10.8. The number of rotatable bonds is 8. The van der Waals surface area contributed by atoms with Gasteiger partial charge in [0.25, 0.3) is 0 Å². The molecule has 0 aliphatic rings. The maximum Gasteiger partial charge on any atom is 0.524 e. The Bertz CT molecular complexity index is 400. The zero-order valence-electron chi connectivity index (χ0n) is 10.7. The summed E-state index contributed by atoms with van der Waals surface area (Å²) in [5.74, 6) is 0.293. The molecule has 1 rings (SSSR count). The van der Waals surface area contributed by atoms with Crippen molar-refractivity contribution in [1.29, 1.82) is 0 Å². The Labute approximate surface area is 108 Å². The molecule has 0 saturated carbocycles. The largest absolute Gasteiger partial charge is 0.524 e. The average molecular weight is 272 g/mol. The number of phosphoric ester groups is 1. The van der Waals surface area contributed by atoms with Crippen molar-refractivity contribution in [3.05, 3.63) is 29.8 Å². The zero-order valence-corrected chi connectivity index (χ0v) is 11.6. The Morgan fingerprint density at radius 1 is 1.11 bits per heavy atom. The standard InChI is InChI=1S/C13H21O4P/c1-2-3-4-5-6-9-12-10-7-8-11-13(12)17-18(14,15)16/h7-8,10-11H,2-6,9H2,1H3,(H2,14,15,16). The number of benzene rings is 1. The third-order valence-electron chi connectivity index (χ3n) is 2.74. The monoisotopic (exact) mass is 272 g/mol. The summed E-state index contributed by atoms with van der Waals surface area (Å²) in [7, 11) is -4.46. The highest BCUT2D eigenvalue weighted by atomic mass is 31.2. The van der Waals surface area contributed by atoms with Gasteiger partial charge in [0.15, 0.2) is 0 Å². The second-order valence-corrected chi connectivity index (χ2v) is 5.52. The van der Waals surface area contributed by atoms with Crippen molar-refractivity contribution in [3.8, 4) is 5.75 Å². The third-order valence-corrected chi connectivity index (χ3v) is 3.17. The normalized spacial score (nSPS) is 11.5. The van der Waals surface area contributed by atoms with E-state index in [4.69, 9.17) is 9.79 Å². The molecule has 0 aromatic heterocycles. The Balaban J connectivity index is 2.51. The van der Waals surface area contributed by atoms with Crippen LogP contribution in [-0.4, -0.2) is 9.79 Å². The lowest BCUT2D eigenvalue weighted by Crippen LogP contribution is -1.95. The van der Waals surface area contributed by atoms with Crippen LogP contribution in [0.5, 0.6) is 5.75 Å². The minimum Gasteiger partial charge on any atom is -0.404 e. The molecule has 0 fully saturated rings. The zero-order chi connectivity index (χ0) is 13.4. The van der Waals surface area contributed by atoms with Gasteiger partial charge in [-0.2, -0.15) is 0 Å². The first-order valence-electron chi connectivity index (χ1n) is 6.36. The smallest absolute Gasteiger partial charge is 0.404 e. The lowest BCUT2D eigenvalue weighted by atomic mass is 10.0. The predicted molar refractivity (Wildman–Crippen MR) is 71.6 cm³/mol. The summed E-state index contributed by atoms with van der Waals surface area (Å²) in [5.41, 5.74) is 0.859. The van der Waals surface area contributed by atoms with E-state index in [0.29, 0.717) is 5.75 Å². The molecule has 5 heteroatoms. The van der Waals surface area contributed by atoms with E-state index in [1.54, 1.807) is 12.1 Å². The second-order valence-electron chi connectivity index (χ2n) is 4.35. The molecule has 18 heavy (non-hydrogen) atoms. The first-order chi connectivity index (χ1) is 8.53. The summed E-state index contributed by atoms with van der Waals surface area (Å²) in [5, 5.41) is 0. The minimum absolute atomic E-state index is 0.293. The summed E-state index contributed by atoms with van der Waals surface area (Å²) in [6.07, 6.45) is 6.59. The fourth-order valence-corrected chi connectivity index (χ4v) is 2.28. The maximum absolute atomic E-state index is 10.8. The highest BCUT2D eigenvalue weighted by Crippen LogP contribution is 2.39. The molecular formula is C13H21O4P. The molecule has 0 bridgehead atoms. The van der Waals surface area contributed by atoms with Crippen molar-refractivity contribution in [1.82, 2.24) is 0 Å². The molecule has 0 radical (unpaired) electrons. The van der Waals surface area contributed by atoms with Crippen LogP contribution in [0.1, 0.15) is 44.6 Å². The van der Waals surface area contributed by atoms with Gasteiger partial charge in [-0.1, -0.05) is 50.8 Å². The van der Waals surface area contributed by atoms with Gasteiger partial charge in [-0.25, -0.2) is 4.57 Å². The van der Waals surface area contributed by atoms with Gasteiger partial charge in [0.1, 0.15) is 5.75 Å². The fourth-order valence-electron chi connectivity index (χ4n) is 1.85. The first kappa shape index (κ1) is 15.2. The highest BCUT2D eigenvalue weighted by molar-refractivity contribution is 7.46. The lowest BCUT2D eigenvalue weighted by Gasteiger charge is -2.11. The summed E-state index contributed by atoms with van der Waals surface area (Å²) >= 11 is 0. The molecule has 0 amide bonds. The first-order valence-corrected chi connectivity index (χ1v) is 7.89. The molecule has 0 unspecified atom stereocenters. The van der Waals surface area contributed by atoms with E-state index < -0.39 is 7.82 Å². The molecule has 4 nitrogen and oxygen atoms in total. The SMILES string of the molecule is CCCCCCCc1ccccc1OP(=O)(O)O. The van der Waals surface area contributed by atoms with Crippen molar-refractivity contribution in [2.45, 2.75) is 45.4 Å². The number of phosphoric acid groups is 1. The van der Waals surface area contributed by atoms with Crippen molar-refractivity contribution >= 4 is 7.82 Å². The summed E-state index contributed by atoms with van der Waals surface area (Å²) in [6.45, 7) is 2.17. The third kappa shape index (κ3) is 6.20. The Kier molecular flexibility index (Phi) is 6.41. The summed E-state index contributed by atoms with van der Waals surface area (Å²) in [6, 6.07) is 7.02. The van der Waals surface area contributed by atoms with Crippen LogP contribution >= 0.6 is 7.82 Å². The second kappa shape index (κ2) is 7.57. The van der Waals surface area contributed by atoms with Crippen LogP contribution in [0.15, 0.2) is 24.3 Å². The Hall–Kier alpha value is -0.830. The fraction of sp³-hybridized carbons (Fsp3) is 0.538. The van der Waals surface area contributed by atoms with Gasteiger partial charge < -0.3 is 4.52 Å². The number of hydrogen-bond donors (Lipinski definition) is 2. The van der Waals surface area contributed by atoms with E-state index >= 15 is 0 Å². The van der Waals surface area contributed by atoms with Gasteiger partial charge in [0.05, 0.1) is 0 Å². The molecular weight excluding hydrogens is 251 g/mol. The van der Waals surface area contributed by atoms with E-state index in [9.17, 15) is 4.57 Å². The molecule has 0 spiro atoms. The van der Waals surface area contributed by atoms with Gasteiger partial charge >= 0.3 is 7.82 Å². The quantitative estimate of drug-likeness (QED) is 0.559. The van der Waals surface area contributed by atoms with Crippen LogP contribution < -0.4 is 4.52 Å². The molecule has 0 aliphatic carbocycles. The highest BCUT2D eigenvalue weighted by Gasteiger charge is 2.17. The van der Waals surface area contributed by atoms with Gasteiger partial charge in [0, 0.05) is 0 Å². The van der Waals surface area contributed by atoms with Crippen LogP contribution in [0.4, 0.5) is 0 Å². The molecule has 1 aromatic carbocycles. The minimum atomic E-state index is -4.46. The van der Waals surface area contributed by atoms with Crippen molar-refractivity contribution < 1.29 is 18.9 Å². The lowest BCUT2D eigenvalue weighted by molar-refractivity contribution is 0.282. The molecule has 102 valence electrons. The van der Waals surface area contributed by atoms with Crippen molar-refractivity contribution in [2.24, 2.45) is 0 Å². The van der Waals surface area contributed by atoms with E-state index in [-0.39, 0.29) is 0 Å². The van der Waals surface area contributed by atoms with Crippen LogP contribution in [0, 0.1) is 0 Å². The van der Waals surface area contributed by atoms with Gasteiger partial charge in [-0.3, -0.25) is 9.79 Å². The predicted octanol–water partition coefficient (Wildman–Crippen LogP) is 3.67. The topological polar surface area (TPSA) is 66.8 Å². The number of aryl methyl sites for hydroxylation is 1. The van der Waals surface area contributed by atoms with Crippen LogP contribution in [-0.2, 0) is 11.0 Å². The molecule has 1 aromatic rings. The summed E-state index contributed by atoms with van der Waals surface area (Å²) in [4.78, 5) is 17.7. The van der Waals surface area contributed by atoms with Gasteiger partial charge in [-0.15, -0.1) is 0 Å². The van der Waals surface area contributed by atoms with Gasteiger partial charge in [0.2, 0.25) is 0 Å². The van der Waals surface area contributed by atoms with E-state index in [1.165, 1.54) is 19.3 Å². The number of unbranched alkanes of at least 4 members (excludes halogenated alkanes) is 4. The van der Waals surface area contributed by atoms with Crippen molar-refractivity contribution in [3.63, 3.8) is 0 Å². The van der Waals surface area contributed by atoms with E-state index in [1.807, 2.05) is 12.1 Å². The Morgan fingerprint density at radius 2 is 1.78 bits per heavy atom. The molecule has 0 atom stereocenters. The average Bonchev–Trinajstić information content (AvgIpc) is 2.29. The number of para-hydroxylation sites is 1. The summed E-state index contributed by atoms with van der Waals surface area (Å²) < 4.78 is 15.5. The van der Waals surface area contributed by atoms with Gasteiger partial charge in [-0.05, 0) is 24.5 Å². The van der Waals surface area contributed by atoms with Crippen LogP contribution in [0.2, 0.25) is 0 Å². The molecule has 0 aliphatic heterocycles. The number of hydrogen-bond acceptors (Lipinski definition) is 2. The molecule has 2 N–H and O–H groups in total. The molecule has 0 saturated heterocycles. The van der Waals surface area contributed by atoms with E-state index in [2.05, 4.69) is 11.4 Å². The van der Waals surface area contributed by atoms with E-state index in [0.717, 1.165) is 24.8 Å². The van der Waals surface area contributed by atoms with Crippen molar-refractivity contribution in [2.75, 3.05) is 0 Å².